The Balaban J connectivity index is 1.29. The number of nitrogens with zero attached hydrogens (tertiary/aromatic N) is 7. The van der Waals surface area contributed by atoms with Crippen LogP contribution in [0.5, 0.6) is 0 Å². The lowest BCUT2D eigenvalue weighted by Gasteiger charge is -2.39. The Morgan fingerprint density at radius 2 is 2.00 bits per heavy atom. The standard InChI is InChI=1S/C38H37Cl2FN8O2/c1-18-25-14-31(30-13-23(16-47(30)38(51)20-8-9-20)49-19(2)29(17-50)45-46-49)48(36-22-12-28(36)43-15-22)37(25)26-11-21(5-4-10-42)32(34(41)35(26)44-18)24-6-3-7-27(39)33(24)40/h3,6-7,11,14,20,22-23,28,30,36,43,50H,4-5,8-9,12-13,15-17H2,1-2H3. The van der Waals surface area contributed by atoms with Crippen molar-refractivity contribution in [3.8, 4) is 17.2 Å². The molecular weight excluding hydrogens is 690 g/mol. The number of nitriles is 1. The quantitative estimate of drug-likeness (QED) is 0.178. The monoisotopic (exact) mass is 726 g/mol. The van der Waals surface area contributed by atoms with Crippen molar-refractivity contribution in [3.63, 3.8) is 0 Å². The average molecular weight is 728 g/mol. The SMILES string of the molecule is Cc1nc2c(F)c(-c3cccc(Cl)c3Cl)c(CCC#N)cc2c2c1cc(C1CC(n3nnc(CO)c3C)CN1C(=O)C1CC1)n2C1C2CNC1C2. The zero-order chi connectivity index (χ0) is 35.3. The number of carbonyl (C=O) groups excluding carboxylic acids is 1. The fourth-order valence-electron chi connectivity index (χ4n) is 9.05. The molecule has 2 N–H and O–H groups in total. The highest BCUT2D eigenvalue weighted by Crippen LogP contribution is 2.52. The van der Waals surface area contributed by atoms with Gasteiger partial charge in [0.1, 0.15) is 11.2 Å². The molecule has 1 amide bonds. The first-order valence-electron chi connectivity index (χ1n) is 17.7. The first kappa shape index (κ1) is 32.8. The van der Waals surface area contributed by atoms with E-state index in [4.69, 9.17) is 28.2 Å². The lowest BCUT2D eigenvalue weighted by Crippen LogP contribution is -2.41. The maximum absolute atomic E-state index is 17.2. The number of nitrogens with one attached hydrogen (secondary N) is 1. The van der Waals surface area contributed by atoms with Crippen LogP contribution in [0.15, 0.2) is 30.3 Å². The molecule has 5 atom stereocenters. The number of carbonyl (C=O) groups is 1. The van der Waals surface area contributed by atoms with Crippen LogP contribution < -0.4 is 5.32 Å². The summed E-state index contributed by atoms with van der Waals surface area (Å²) in [6.45, 7) is 5.01. The Kier molecular flexibility index (Phi) is 7.89. The first-order chi connectivity index (χ1) is 24.7. The number of amides is 1. The largest absolute Gasteiger partial charge is 0.390 e. The third-order valence-corrected chi connectivity index (χ3v) is 12.6. The summed E-state index contributed by atoms with van der Waals surface area (Å²) in [6, 6.07) is 11.6. The van der Waals surface area contributed by atoms with Crippen molar-refractivity contribution in [2.75, 3.05) is 13.1 Å². The number of hydrogen-bond donors (Lipinski definition) is 2. The van der Waals surface area contributed by atoms with E-state index in [1.807, 2.05) is 29.5 Å². The average Bonchev–Trinajstić information content (AvgIpc) is 3.53. The van der Waals surface area contributed by atoms with Crippen LogP contribution >= 0.6 is 23.2 Å². The minimum Gasteiger partial charge on any atom is -0.390 e. The molecule has 0 spiro atoms. The van der Waals surface area contributed by atoms with Gasteiger partial charge in [-0.25, -0.2) is 14.1 Å². The number of benzene rings is 2. The van der Waals surface area contributed by atoms with Gasteiger partial charge in [0, 0.05) is 64.8 Å². The van der Waals surface area contributed by atoms with Crippen LogP contribution in [-0.2, 0) is 17.8 Å². The first-order valence-corrected chi connectivity index (χ1v) is 18.5. The summed E-state index contributed by atoms with van der Waals surface area (Å²) in [4.78, 5) is 21.0. The molecule has 262 valence electrons. The summed E-state index contributed by atoms with van der Waals surface area (Å²) in [6.07, 6.45) is 3.99. The number of halogens is 3. The van der Waals surface area contributed by atoms with Crippen LogP contribution in [0, 0.1) is 42.8 Å². The Hall–Kier alpha value is -4.08. The maximum atomic E-state index is 17.2. The van der Waals surface area contributed by atoms with E-state index in [0.29, 0.717) is 63.8 Å². The van der Waals surface area contributed by atoms with E-state index in [2.05, 4.69) is 32.3 Å². The van der Waals surface area contributed by atoms with E-state index in [0.717, 1.165) is 48.1 Å². The van der Waals surface area contributed by atoms with Crippen LogP contribution in [0.25, 0.3) is 32.9 Å². The van der Waals surface area contributed by atoms with Crippen molar-refractivity contribution < 1.29 is 14.3 Å². The van der Waals surface area contributed by atoms with Crippen LogP contribution in [0.3, 0.4) is 0 Å². The normalized spacial score (nSPS) is 24.1. The third kappa shape index (κ3) is 5.01. The zero-order valence-corrected chi connectivity index (χ0v) is 29.8. The molecule has 5 unspecified atom stereocenters. The molecule has 6 heterocycles. The number of hydrogen-bond acceptors (Lipinski definition) is 7. The lowest BCUT2D eigenvalue weighted by atomic mass is 9.79. The van der Waals surface area contributed by atoms with Gasteiger partial charge in [0.25, 0.3) is 0 Å². The van der Waals surface area contributed by atoms with Crippen LogP contribution in [0.4, 0.5) is 4.39 Å². The summed E-state index contributed by atoms with van der Waals surface area (Å²) in [7, 11) is 0. The van der Waals surface area contributed by atoms with Crippen LogP contribution in [0.1, 0.15) is 78.6 Å². The van der Waals surface area contributed by atoms with Gasteiger partial charge in [-0.1, -0.05) is 40.5 Å². The van der Waals surface area contributed by atoms with Crippen molar-refractivity contribution in [3.05, 3.63) is 74.5 Å². The fraction of sp³-hybridized carbons (Fsp3) is 0.447. The summed E-state index contributed by atoms with van der Waals surface area (Å²) in [5.74, 6) is 0.0798. The number of likely N-dealkylation sites (tertiary alicyclic amines) is 1. The third-order valence-electron chi connectivity index (χ3n) is 11.8. The molecular formula is C38H37Cl2FN8O2. The molecule has 2 bridgehead atoms. The highest BCUT2D eigenvalue weighted by atomic mass is 35.5. The van der Waals surface area contributed by atoms with E-state index < -0.39 is 5.82 Å². The number of aryl methyl sites for hydroxylation is 2. The van der Waals surface area contributed by atoms with E-state index in [-0.39, 0.29) is 59.6 Å². The van der Waals surface area contributed by atoms with Gasteiger partial charge >= 0.3 is 0 Å². The highest BCUT2D eigenvalue weighted by molar-refractivity contribution is 6.43. The number of aliphatic hydroxyl groups is 1. The predicted molar refractivity (Wildman–Crippen MR) is 192 cm³/mol. The van der Waals surface area contributed by atoms with Gasteiger partial charge in [-0.05, 0) is 75.6 Å². The van der Waals surface area contributed by atoms with Crippen LogP contribution in [0.2, 0.25) is 10.0 Å². The Morgan fingerprint density at radius 3 is 2.69 bits per heavy atom. The topological polar surface area (TPSA) is 125 Å². The molecule has 0 radical (unpaired) electrons. The molecule has 5 aliphatic rings. The second-order valence-electron chi connectivity index (χ2n) is 14.7. The van der Waals surface area contributed by atoms with E-state index in [9.17, 15) is 15.2 Å². The minimum atomic E-state index is -0.494. The Bertz CT molecular complexity index is 2300. The van der Waals surface area contributed by atoms with Gasteiger partial charge in [-0.3, -0.25) is 4.79 Å². The number of fused-ring (bicyclic) bond motifs is 4. The molecule has 10 rings (SSSR count). The zero-order valence-electron chi connectivity index (χ0n) is 28.3. The molecule has 5 fully saturated rings. The van der Waals surface area contributed by atoms with Crippen molar-refractivity contribution in [2.45, 2.75) is 83.1 Å². The molecule has 3 aromatic heterocycles. The molecule has 3 saturated heterocycles. The highest BCUT2D eigenvalue weighted by Gasteiger charge is 2.51. The molecule has 2 aromatic carbocycles. The molecule has 2 aliphatic carbocycles. The summed E-state index contributed by atoms with van der Waals surface area (Å²) >= 11 is 13.1. The van der Waals surface area contributed by atoms with Gasteiger partial charge < -0.3 is 19.9 Å². The molecule has 2 saturated carbocycles. The van der Waals surface area contributed by atoms with E-state index in [1.165, 1.54) is 0 Å². The molecule has 3 aliphatic heterocycles. The van der Waals surface area contributed by atoms with Gasteiger partial charge in [0.15, 0.2) is 5.82 Å². The number of rotatable bonds is 8. The van der Waals surface area contributed by atoms with Crippen molar-refractivity contribution in [1.82, 2.24) is 34.8 Å². The summed E-state index contributed by atoms with van der Waals surface area (Å²) < 4.78 is 21.4. The van der Waals surface area contributed by atoms with Crippen LogP contribution in [-0.4, -0.2) is 59.6 Å². The minimum absolute atomic E-state index is 0.0215. The maximum Gasteiger partial charge on any atom is 0.226 e. The molecule has 5 aromatic rings. The number of aliphatic hydroxyl groups excluding tert-OH is 1. The Morgan fingerprint density at radius 1 is 1.18 bits per heavy atom. The second-order valence-corrected chi connectivity index (χ2v) is 15.5. The van der Waals surface area contributed by atoms with Gasteiger partial charge in [0.05, 0.1) is 52.1 Å². The summed E-state index contributed by atoms with van der Waals surface area (Å²) in [5.41, 5.74) is 5.62. The van der Waals surface area contributed by atoms with Gasteiger partial charge in [-0.2, -0.15) is 5.26 Å². The summed E-state index contributed by atoms with van der Waals surface area (Å²) in [5, 5.41) is 33.9. The second kappa shape index (κ2) is 12.3. The fourth-order valence-corrected chi connectivity index (χ4v) is 9.44. The van der Waals surface area contributed by atoms with Gasteiger partial charge in [-0.15, -0.1) is 5.10 Å². The predicted octanol–water partition coefficient (Wildman–Crippen LogP) is 6.92. The lowest BCUT2D eigenvalue weighted by molar-refractivity contribution is -0.133. The molecule has 51 heavy (non-hydrogen) atoms. The van der Waals surface area contributed by atoms with Crippen molar-refractivity contribution >= 4 is 50.9 Å². The molecule has 10 nitrogen and oxygen atoms in total. The van der Waals surface area contributed by atoms with Gasteiger partial charge in [0.2, 0.25) is 5.91 Å². The number of aromatic nitrogens is 5. The smallest absolute Gasteiger partial charge is 0.226 e. The van der Waals surface area contributed by atoms with E-state index >= 15 is 4.39 Å². The van der Waals surface area contributed by atoms with Crippen molar-refractivity contribution in [2.24, 2.45) is 11.8 Å². The number of pyridine rings is 1. The van der Waals surface area contributed by atoms with E-state index in [1.54, 1.807) is 18.2 Å². The Labute approximate surface area is 304 Å². The molecule has 13 heteroatoms. The van der Waals surface area contributed by atoms with Crippen molar-refractivity contribution in [1.29, 1.82) is 5.26 Å².